The van der Waals surface area contributed by atoms with Crippen molar-refractivity contribution in [3.8, 4) is 5.75 Å². The summed E-state index contributed by atoms with van der Waals surface area (Å²) in [7, 11) is 0. The summed E-state index contributed by atoms with van der Waals surface area (Å²) in [6, 6.07) is 7.59. The van der Waals surface area contributed by atoms with Crippen LogP contribution in [0.3, 0.4) is 0 Å². The quantitative estimate of drug-likeness (QED) is 0.844. The second-order valence-corrected chi connectivity index (χ2v) is 4.62. The summed E-state index contributed by atoms with van der Waals surface area (Å²) in [5.41, 5.74) is -0.0664. The first kappa shape index (κ1) is 11.3. The third-order valence-electron chi connectivity index (χ3n) is 3.34. The van der Waals surface area contributed by atoms with Gasteiger partial charge in [0.05, 0.1) is 5.39 Å². The Morgan fingerprint density at radius 3 is 2.83 bits per heavy atom. The molecule has 1 aromatic carbocycles. The molecule has 0 amide bonds. The molecular weight excluding hydrogens is 228 g/mol. The number of piperidine rings is 1. The van der Waals surface area contributed by atoms with E-state index in [1.54, 1.807) is 6.20 Å². The van der Waals surface area contributed by atoms with Gasteiger partial charge < -0.3 is 15.0 Å². The van der Waals surface area contributed by atoms with Gasteiger partial charge in [-0.15, -0.1) is 0 Å². The molecule has 0 unspecified atom stereocenters. The smallest absolute Gasteiger partial charge is 0.255 e. The fraction of sp³-hybridized carbons (Fsp3) is 0.357. The van der Waals surface area contributed by atoms with Crippen LogP contribution in [0.4, 0.5) is 0 Å². The van der Waals surface area contributed by atoms with Gasteiger partial charge in [-0.05, 0) is 49.5 Å². The Labute approximate surface area is 105 Å². The lowest BCUT2D eigenvalue weighted by Crippen LogP contribution is -2.34. The number of aromatic nitrogens is 1. The molecule has 0 atom stereocenters. The van der Waals surface area contributed by atoms with E-state index in [1.165, 1.54) is 0 Å². The Kier molecular flexibility index (Phi) is 3.02. The van der Waals surface area contributed by atoms with Crippen LogP contribution in [-0.4, -0.2) is 24.2 Å². The lowest BCUT2D eigenvalue weighted by Gasteiger charge is -2.23. The van der Waals surface area contributed by atoms with Crippen molar-refractivity contribution in [2.24, 2.45) is 0 Å². The molecule has 0 aliphatic carbocycles. The third-order valence-corrected chi connectivity index (χ3v) is 3.34. The molecule has 18 heavy (non-hydrogen) atoms. The van der Waals surface area contributed by atoms with Crippen LogP contribution >= 0.6 is 0 Å². The second kappa shape index (κ2) is 4.82. The summed E-state index contributed by atoms with van der Waals surface area (Å²) in [5.74, 6) is 0.783. The summed E-state index contributed by atoms with van der Waals surface area (Å²) in [6.07, 6.45) is 3.95. The van der Waals surface area contributed by atoms with Gasteiger partial charge in [-0.2, -0.15) is 0 Å². The molecule has 0 spiro atoms. The van der Waals surface area contributed by atoms with E-state index in [0.717, 1.165) is 37.1 Å². The normalized spacial score (nSPS) is 16.9. The highest BCUT2D eigenvalue weighted by Gasteiger charge is 2.14. The number of hydrogen-bond donors (Lipinski definition) is 2. The van der Waals surface area contributed by atoms with E-state index in [-0.39, 0.29) is 11.7 Å². The topological polar surface area (TPSA) is 54.1 Å². The van der Waals surface area contributed by atoms with Crippen molar-refractivity contribution in [2.75, 3.05) is 13.1 Å². The Hall–Kier alpha value is -1.81. The monoisotopic (exact) mass is 244 g/mol. The zero-order chi connectivity index (χ0) is 12.4. The third kappa shape index (κ3) is 2.24. The largest absolute Gasteiger partial charge is 0.490 e. The number of pyridine rings is 1. The SMILES string of the molecule is O=c1[nH]ccc2ccc(OC3CCNCC3)cc12. The van der Waals surface area contributed by atoms with Crippen molar-refractivity contribution in [3.63, 3.8) is 0 Å². The van der Waals surface area contributed by atoms with Crippen LogP contribution in [0.5, 0.6) is 5.75 Å². The van der Waals surface area contributed by atoms with Crippen molar-refractivity contribution in [1.29, 1.82) is 0 Å². The number of H-pyrrole nitrogens is 1. The van der Waals surface area contributed by atoms with E-state index >= 15 is 0 Å². The van der Waals surface area contributed by atoms with Crippen molar-refractivity contribution in [1.82, 2.24) is 10.3 Å². The van der Waals surface area contributed by atoms with Gasteiger partial charge in [0.15, 0.2) is 0 Å². The number of aromatic amines is 1. The molecule has 4 heteroatoms. The molecule has 4 nitrogen and oxygen atoms in total. The molecule has 1 aliphatic rings. The summed E-state index contributed by atoms with van der Waals surface area (Å²) >= 11 is 0. The first-order valence-corrected chi connectivity index (χ1v) is 6.32. The lowest BCUT2D eigenvalue weighted by atomic mass is 10.1. The van der Waals surface area contributed by atoms with Crippen LogP contribution in [0.15, 0.2) is 35.3 Å². The van der Waals surface area contributed by atoms with Gasteiger partial charge in [-0.1, -0.05) is 6.07 Å². The van der Waals surface area contributed by atoms with E-state index in [4.69, 9.17) is 4.74 Å². The van der Waals surface area contributed by atoms with Crippen LogP contribution in [0.2, 0.25) is 0 Å². The van der Waals surface area contributed by atoms with Gasteiger partial charge in [0, 0.05) is 6.20 Å². The van der Waals surface area contributed by atoms with Gasteiger partial charge in [0.2, 0.25) is 0 Å². The Bertz CT molecular complexity index is 600. The molecule has 1 saturated heterocycles. The highest BCUT2D eigenvalue weighted by molar-refractivity contribution is 5.82. The summed E-state index contributed by atoms with van der Waals surface area (Å²) in [5, 5.41) is 4.93. The van der Waals surface area contributed by atoms with E-state index in [1.807, 2.05) is 24.3 Å². The van der Waals surface area contributed by atoms with E-state index in [0.29, 0.717) is 5.39 Å². The number of hydrogen-bond acceptors (Lipinski definition) is 3. The van der Waals surface area contributed by atoms with Crippen LogP contribution in [0.1, 0.15) is 12.8 Å². The van der Waals surface area contributed by atoms with Crippen LogP contribution in [0, 0.1) is 0 Å². The molecule has 1 fully saturated rings. The summed E-state index contributed by atoms with van der Waals surface area (Å²) < 4.78 is 5.93. The predicted octanol–water partition coefficient (Wildman–Crippen LogP) is 1.66. The van der Waals surface area contributed by atoms with Crippen molar-refractivity contribution < 1.29 is 4.74 Å². The van der Waals surface area contributed by atoms with Crippen LogP contribution in [0.25, 0.3) is 10.8 Å². The zero-order valence-electron chi connectivity index (χ0n) is 10.1. The minimum absolute atomic E-state index is 0.0664. The zero-order valence-corrected chi connectivity index (χ0v) is 10.1. The maximum Gasteiger partial charge on any atom is 0.255 e. The van der Waals surface area contributed by atoms with E-state index < -0.39 is 0 Å². The molecule has 2 heterocycles. The molecule has 2 N–H and O–H groups in total. The molecule has 3 rings (SSSR count). The first-order valence-electron chi connectivity index (χ1n) is 6.32. The maximum atomic E-state index is 11.7. The van der Waals surface area contributed by atoms with Gasteiger partial charge in [-0.3, -0.25) is 4.79 Å². The fourth-order valence-corrected chi connectivity index (χ4v) is 2.34. The minimum atomic E-state index is -0.0664. The van der Waals surface area contributed by atoms with Crippen LogP contribution < -0.4 is 15.6 Å². The predicted molar refractivity (Wildman–Crippen MR) is 71.1 cm³/mol. The minimum Gasteiger partial charge on any atom is -0.490 e. The molecular formula is C14H16N2O2. The average molecular weight is 244 g/mol. The summed E-state index contributed by atoms with van der Waals surface area (Å²) in [4.78, 5) is 14.4. The maximum absolute atomic E-state index is 11.7. The fourth-order valence-electron chi connectivity index (χ4n) is 2.34. The number of nitrogens with one attached hydrogen (secondary N) is 2. The first-order chi connectivity index (χ1) is 8.83. The van der Waals surface area contributed by atoms with Crippen molar-refractivity contribution >= 4 is 10.8 Å². The van der Waals surface area contributed by atoms with E-state index in [2.05, 4.69) is 10.3 Å². The molecule has 1 aromatic heterocycles. The van der Waals surface area contributed by atoms with Gasteiger partial charge in [0.1, 0.15) is 11.9 Å². The van der Waals surface area contributed by atoms with Crippen molar-refractivity contribution in [3.05, 3.63) is 40.8 Å². The Morgan fingerprint density at radius 1 is 1.17 bits per heavy atom. The highest BCUT2D eigenvalue weighted by atomic mass is 16.5. The van der Waals surface area contributed by atoms with Gasteiger partial charge in [0.25, 0.3) is 5.56 Å². The van der Waals surface area contributed by atoms with Gasteiger partial charge >= 0.3 is 0 Å². The number of ether oxygens (including phenoxy) is 1. The molecule has 0 bridgehead atoms. The lowest BCUT2D eigenvalue weighted by molar-refractivity contribution is 0.162. The molecule has 0 radical (unpaired) electrons. The molecule has 2 aromatic rings. The number of fused-ring (bicyclic) bond motifs is 1. The number of rotatable bonds is 2. The van der Waals surface area contributed by atoms with E-state index in [9.17, 15) is 4.79 Å². The molecule has 0 saturated carbocycles. The average Bonchev–Trinajstić information content (AvgIpc) is 2.41. The second-order valence-electron chi connectivity index (χ2n) is 4.62. The Morgan fingerprint density at radius 2 is 2.00 bits per heavy atom. The Balaban J connectivity index is 1.88. The van der Waals surface area contributed by atoms with Crippen molar-refractivity contribution in [2.45, 2.75) is 18.9 Å². The molecule has 1 aliphatic heterocycles. The van der Waals surface area contributed by atoms with Gasteiger partial charge in [-0.25, -0.2) is 0 Å². The standard InChI is InChI=1S/C14H16N2O2/c17-14-13-9-12(2-1-10(13)3-8-16-14)18-11-4-6-15-7-5-11/h1-3,8-9,11,15H,4-7H2,(H,16,17). The number of benzene rings is 1. The summed E-state index contributed by atoms with van der Waals surface area (Å²) in [6.45, 7) is 2.00. The highest BCUT2D eigenvalue weighted by Crippen LogP contribution is 2.20. The van der Waals surface area contributed by atoms with Crippen LogP contribution in [-0.2, 0) is 0 Å². The molecule has 94 valence electrons.